The van der Waals surface area contributed by atoms with Gasteiger partial charge in [0.2, 0.25) is 0 Å². The zero-order valence-corrected chi connectivity index (χ0v) is 15.7. The van der Waals surface area contributed by atoms with E-state index in [1.54, 1.807) is 6.20 Å². The zero-order chi connectivity index (χ0) is 18.9. The van der Waals surface area contributed by atoms with Crippen molar-refractivity contribution in [1.82, 2.24) is 14.9 Å². The Kier molecular flexibility index (Phi) is 4.63. The molecule has 0 spiro atoms. The number of nitrogens with zero attached hydrogens (tertiary/aromatic N) is 3. The van der Waals surface area contributed by atoms with Crippen LogP contribution in [0.25, 0.3) is 11.0 Å². The summed E-state index contributed by atoms with van der Waals surface area (Å²) < 4.78 is 5.81. The molecule has 5 heteroatoms. The summed E-state index contributed by atoms with van der Waals surface area (Å²) in [6, 6.07) is 18.8. The lowest BCUT2D eigenvalue weighted by molar-refractivity contribution is -0.0873. The molecule has 3 aromatic rings. The van der Waals surface area contributed by atoms with Crippen LogP contribution in [0.2, 0.25) is 0 Å². The van der Waals surface area contributed by atoms with Gasteiger partial charge in [0, 0.05) is 24.5 Å². The van der Waals surface area contributed by atoms with E-state index in [2.05, 4.69) is 39.1 Å². The monoisotopic (exact) mass is 373 g/mol. The van der Waals surface area contributed by atoms with Crippen molar-refractivity contribution in [3.63, 3.8) is 0 Å². The number of carbonyl (C=O) groups is 1. The van der Waals surface area contributed by atoms with Gasteiger partial charge in [-0.15, -0.1) is 0 Å². The molecule has 142 valence electrons. The number of Topliss-reactive ketones (excluding diaryl/α,β-unsaturated/α-hetero) is 1. The van der Waals surface area contributed by atoms with Gasteiger partial charge in [0.25, 0.3) is 0 Å². The maximum absolute atomic E-state index is 13.2. The Balaban J connectivity index is 1.35. The van der Waals surface area contributed by atoms with Gasteiger partial charge in [0.05, 0.1) is 30.4 Å². The molecule has 0 N–H and O–H groups in total. The quantitative estimate of drug-likeness (QED) is 0.655. The van der Waals surface area contributed by atoms with Crippen molar-refractivity contribution >= 4 is 16.8 Å². The summed E-state index contributed by atoms with van der Waals surface area (Å²) in [5.41, 5.74) is 3.39. The highest BCUT2D eigenvalue weighted by molar-refractivity contribution is 5.97. The number of ketones is 1. The Labute approximate surface area is 164 Å². The van der Waals surface area contributed by atoms with Gasteiger partial charge in [-0.2, -0.15) is 0 Å². The van der Waals surface area contributed by atoms with Crippen molar-refractivity contribution in [2.45, 2.75) is 31.5 Å². The highest BCUT2D eigenvalue weighted by atomic mass is 16.5. The summed E-state index contributed by atoms with van der Waals surface area (Å²) in [4.78, 5) is 24.7. The summed E-state index contributed by atoms with van der Waals surface area (Å²) in [5, 5.41) is 0. The smallest absolute Gasteiger partial charge is 0.185 e. The van der Waals surface area contributed by atoms with Crippen LogP contribution in [0, 0.1) is 5.92 Å². The average Bonchev–Trinajstić information content (AvgIpc) is 2.73. The number of aromatic nitrogens is 2. The molecule has 2 unspecified atom stereocenters. The van der Waals surface area contributed by atoms with E-state index in [0.717, 1.165) is 30.4 Å². The van der Waals surface area contributed by atoms with Crippen LogP contribution in [-0.4, -0.2) is 45.9 Å². The second-order valence-corrected chi connectivity index (χ2v) is 7.78. The summed E-state index contributed by atoms with van der Waals surface area (Å²) in [7, 11) is 0. The summed E-state index contributed by atoms with van der Waals surface area (Å²) >= 11 is 0. The van der Waals surface area contributed by atoms with Crippen LogP contribution in [-0.2, 0) is 11.3 Å². The lowest BCUT2D eigenvalue weighted by Gasteiger charge is -2.48. The molecule has 2 aliphatic rings. The molecule has 2 fully saturated rings. The molecule has 1 aromatic heterocycles. The fourth-order valence-corrected chi connectivity index (χ4v) is 4.54. The van der Waals surface area contributed by atoms with Crippen molar-refractivity contribution in [1.29, 1.82) is 0 Å². The third kappa shape index (κ3) is 3.32. The number of fused-ring (bicyclic) bond motifs is 3. The molecular formula is C23H23N3O2. The van der Waals surface area contributed by atoms with E-state index in [1.807, 2.05) is 30.3 Å². The van der Waals surface area contributed by atoms with Crippen LogP contribution in [0.5, 0.6) is 0 Å². The summed E-state index contributed by atoms with van der Waals surface area (Å²) in [5.74, 6) is 0.107. The van der Waals surface area contributed by atoms with Crippen LogP contribution in [0.1, 0.15) is 28.9 Å². The highest BCUT2D eigenvalue weighted by Gasteiger charge is 2.41. The number of morpholine rings is 1. The number of rotatable bonds is 4. The Morgan fingerprint density at radius 3 is 2.39 bits per heavy atom. The second-order valence-electron chi connectivity index (χ2n) is 7.78. The molecule has 2 saturated heterocycles. The molecule has 0 saturated carbocycles. The Morgan fingerprint density at radius 2 is 1.64 bits per heavy atom. The van der Waals surface area contributed by atoms with Crippen molar-refractivity contribution in [3.8, 4) is 0 Å². The minimum Gasteiger partial charge on any atom is -0.378 e. The normalized spacial score (nSPS) is 24.9. The van der Waals surface area contributed by atoms with E-state index in [1.165, 1.54) is 5.56 Å². The predicted octanol–water partition coefficient (Wildman–Crippen LogP) is 3.49. The van der Waals surface area contributed by atoms with Crippen LogP contribution >= 0.6 is 0 Å². The lowest BCUT2D eigenvalue weighted by atomic mass is 9.81. The Hall–Kier alpha value is -2.63. The average molecular weight is 373 g/mol. The molecule has 5 rings (SSSR count). The summed E-state index contributed by atoms with van der Waals surface area (Å²) in [6.07, 6.45) is 3.26. The summed E-state index contributed by atoms with van der Waals surface area (Å²) in [6.45, 7) is 2.29. The molecule has 3 heterocycles. The standard InChI is InChI=1S/C23H23N3O2/c27-23(22-12-24-20-8-4-5-9-21(20)25-22)17-10-18-14-28-15-19(11-17)26(18)13-16-6-2-1-3-7-16/h1-9,12,17-19H,10-11,13-15H2. The Morgan fingerprint density at radius 1 is 0.964 bits per heavy atom. The van der Waals surface area contributed by atoms with E-state index in [-0.39, 0.29) is 23.8 Å². The maximum atomic E-state index is 13.2. The number of hydrogen-bond acceptors (Lipinski definition) is 5. The molecule has 2 atom stereocenters. The first kappa shape index (κ1) is 17.5. The van der Waals surface area contributed by atoms with Crippen molar-refractivity contribution in [3.05, 3.63) is 72.1 Å². The third-order valence-corrected chi connectivity index (χ3v) is 5.95. The van der Waals surface area contributed by atoms with Gasteiger partial charge in [-0.05, 0) is 30.5 Å². The largest absolute Gasteiger partial charge is 0.378 e. The van der Waals surface area contributed by atoms with E-state index in [4.69, 9.17) is 4.74 Å². The second kappa shape index (κ2) is 7.41. The first-order valence-electron chi connectivity index (χ1n) is 9.91. The molecule has 2 bridgehead atoms. The number of hydrogen-bond donors (Lipinski definition) is 0. The van der Waals surface area contributed by atoms with Gasteiger partial charge in [-0.1, -0.05) is 42.5 Å². The van der Waals surface area contributed by atoms with E-state index >= 15 is 0 Å². The molecule has 2 aliphatic heterocycles. The third-order valence-electron chi connectivity index (χ3n) is 5.95. The van der Waals surface area contributed by atoms with Gasteiger partial charge in [-0.25, -0.2) is 4.98 Å². The van der Waals surface area contributed by atoms with Gasteiger partial charge in [0.15, 0.2) is 5.78 Å². The first-order valence-corrected chi connectivity index (χ1v) is 9.91. The van der Waals surface area contributed by atoms with Crippen LogP contribution in [0.4, 0.5) is 0 Å². The minimum atomic E-state index is -0.0126. The minimum absolute atomic E-state index is 0.0126. The lowest BCUT2D eigenvalue weighted by Crippen LogP contribution is -2.57. The fourth-order valence-electron chi connectivity index (χ4n) is 4.54. The van der Waals surface area contributed by atoms with Crippen LogP contribution in [0.3, 0.4) is 0 Å². The van der Waals surface area contributed by atoms with E-state index in [0.29, 0.717) is 18.9 Å². The van der Waals surface area contributed by atoms with E-state index < -0.39 is 0 Å². The Bertz CT molecular complexity index is 977. The van der Waals surface area contributed by atoms with Gasteiger partial charge in [0.1, 0.15) is 5.69 Å². The number of para-hydroxylation sites is 2. The molecule has 2 aromatic carbocycles. The number of benzene rings is 2. The van der Waals surface area contributed by atoms with Gasteiger partial charge in [-0.3, -0.25) is 14.7 Å². The van der Waals surface area contributed by atoms with Crippen molar-refractivity contribution < 1.29 is 9.53 Å². The van der Waals surface area contributed by atoms with Crippen molar-refractivity contribution in [2.24, 2.45) is 5.92 Å². The number of piperidine rings is 1. The topological polar surface area (TPSA) is 55.3 Å². The molecule has 5 nitrogen and oxygen atoms in total. The fraction of sp³-hybridized carbons (Fsp3) is 0.348. The van der Waals surface area contributed by atoms with Gasteiger partial charge >= 0.3 is 0 Å². The molecule has 0 amide bonds. The number of carbonyl (C=O) groups excluding carboxylic acids is 1. The molecule has 0 radical (unpaired) electrons. The maximum Gasteiger partial charge on any atom is 0.185 e. The number of ether oxygens (including phenoxy) is 1. The predicted molar refractivity (Wildman–Crippen MR) is 107 cm³/mol. The first-order chi connectivity index (χ1) is 13.8. The van der Waals surface area contributed by atoms with Crippen LogP contribution < -0.4 is 0 Å². The van der Waals surface area contributed by atoms with E-state index in [9.17, 15) is 4.79 Å². The van der Waals surface area contributed by atoms with Crippen molar-refractivity contribution in [2.75, 3.05) is 13.2 Å². The SMILES string of the molecule is O=C(c1cnc2ccccc2n1)C1CC2COCC(C1)N2Cc1ccccc1. The zero-order valence-electron chi connectivity index (χ0n) is 15.7. The molecular weight excluding hydrogens is 350 g/mol. The highest BCUT2D eigenvalue weighted by Crippen LogP contribution is 2.34. The molecule has 28 heavy (non-hydrogen) atoms. The van der Waals surface area contributed by atoms with Gasteiger partial charge < -0.3 is 4.74 Å². The molecule has 0 aliphatic carbocycles. The van der Waals surface area contributed by atoms with Crippen LogP contribution in [0.15, 0.2) is 60.8 Å².